The average molecular weight is 476 g/mol. The Morgan fingerprint density at radius 1 is 1.09 bits per heavy atom. The molecule has 0 aliphatic carbocycles. The van der Waals surface area contributed by atoms with Crippen LogP contribution in [0.15, 0.2) is 53.6 Å². The number of halogens is 1. The number of carbonyl (C=O) groups excluding carboxylic acids is 1. The summed E-state index contributed by atoms with van der Waals surface area (Å²) in [5.74, 6) is 0.637. The van der Waals surface area contributed by atoms with Gasteiger partial charge in [-0.05, 0) is 41.3 Å². The van der Waals surface area contributed by atoms with Gasteiger partial charge in [-0.1, -0.05) is 49.7 Å². The Morgan fingerprint density at radius 3 is 2.30 bits per heavy atom. The second-order valence-electron chi connectivity index (χ2n) is 7.58. The number of thioether (sulfide) groups is 1. The second-order valence-corrected chi connectivity index (χ2v) is 9.10. The van der Waals surface area contributed by atoms with Gasteiger partial charge in [0.25, 0.3) is 0 Å². The third-order valence-electron chi connectivity index (χ3n) is 4.98. The van der Waals surface area contributed by atoms with E-state index in [1.54, 1.807) is 24.3 Å². The highest BCUT2D eigenvalue weighted by molar-refractivity contribution is 7.99. The quantitative estimate of drug-likeness (QED) is 0.406. The van der Waals surface area contributed by atoms with Crippen LogP contribution in [0.25, 0.3) is 11.1 Å². The number of hydrogen-bond acceptors (Lipinski definition) is 6. The number of aromatic nitrogens is 1. The molecule has 0 atom stereocenters. The monoisotopic (exact) mass is 475 g/mol. The molecule has 1 heterocycles. The number of rotatable bonds is 7. The molecule has 8 heteroatoms. The standard InChI is InChI=1S/C25H22ClN5OS/c1-15(2)16-3-5-17(6-4-16)23-20(13-27)24(29)31-25(21(23)14-28)33-12-11-22(32)30-19-9-7-18(26)8-10-19/h3-10,15H,11-12H2,1-2H3,(H2,29,31)(H,30,32). The molecule has 1 aromatic heterocycles. The Balaban J connectivity index is 1.82. The Kier molecular flexibility index (Phi) is 7.95. The van der Waals surface area contributed by atoms with Gasteiger partial charge < -0.3 is 11.1 Å². The molecular weight excluding hydrogens is 454 g/mol. The van der Waals surface area contributed by atoms with E-state index < -0.39 is 0 Å². The van der Waals surface area contributed by atoms with Crippen molar-refractivity contribution in [3.8, 4) is 23.3 Å². The fourth-order valence-corrected chi connectivity index (χ4v) is 4.28. The molecule has 0 unspecified atom stereocenters. The summed E-state index contributed by atoms with van der Waals surface area (Å²) in [5.41, 5.74) is 9.52. The zero-order valence-corrected chi connectivity index (χ0v) is 19.8. The highest BCUT2D eigenvalue weighted by Crippen LogP contribution is 2.36. The number of nitriles is 2. The lowest BCUT2D eigenvalue weighted by molar-refractivity contribution is -0.115. The number of benzene rings is 2. The number of amides is 1. The van der Waals surface area contributed by atoms with E-state index in [4.69, 9.17) is 17.3 Å². The molecule has 3 N–H and O–H groups in total. The van der Waals surface area contributed by atoms with Crippen LogP contribution in [0, 0.1) is 22.7 Å². The first-order valence-electron chi connectivity index (χ1n) is 10.3. The van der Waals surface area contributed by atoms with Crippen molar-refractivity contribution in [1.82, 2.24) is 4.98 Å². The minimum atomic E-state index is -0.172. The highest BCUT2D eigenvalue weighted by atomic mass is 35.5. The minimum Gasteiger partial charge on any atom is -0.383 e. The lowest BCUT2D eigenvalue weighted by Gasteiger charge is -2.14. The van der Waals surface area contributed by atoms with Crippen LogP contribution in [0.1, 0.15) is 42.9 Å². The first-order valence-corrected chi connectivity index (χ1v) is 11.6. The van der Waals surface area contributed by atoms with Crippen LogP contribution >= 0.6 is 23.4 Å². The van der Waals surface area contributed by atoms with E-state index in [-0.39, 0.29) is 29.3 Å². The summed E-state index contributed by atoms with van der Waals surface area (Å²) in [5, 5.41) is 23.4. The van der Waals surface area contributed by atoms with Gasteiger partial charge in [0.15, 0.2) is 0 Å². The molecule has 0 saturated heterocycles. The first-order chi connectivity index (χ1) is 15.8. The first kappa shape index (κ1) is 24.1. The fourth-order valence-electron chi connectivity index (χ4n) is 3.22. The molecule has 3 aromatic rings. The van der Waals surface area contributed by atoms with Crippen LogP contribution in [0.5, 0.6) is 0 Å². The van der Waals surface area contributed by atoms with E-state index in [0.717, 1.165) is 11.1 Å². The van der Waals surface area contributed by atoms with Gasteiger partial charge in [-0.3, -0.25) is 4.79 Å². The lowest BCUT2D eigenvalue weighted by Crippen LogP contribution is -2.12. The molecule has 0 aliphatic heterocycles. The van der Waals surface area contributed by atoms with E-state index in [0.29, 0.717) is 33.0 Å². The smallest absolute Gasteiger partial charge is 0.225 e. The minimum absolute atomic E-state index is 0.0625. The van der Waals surface area contributed by atoms with Crippen LogP contribution < -0.4 is 11.1 Å². The topological polar surface area (TPSA) is 116 Å². The second kappa shape index (κ2) is 10.9. The van der Waals surface area contributed by atoms with E-state index in [9.17, 15) is 15.3 Å². The highest BCUT2D eigenvalue weighted by Gasteiger charge is 2.21. The third-order valence-corrected chi connectivity index (χ3v) is 6.21. The van der Waals surface area contributed by atoms with Crippen LogP contribution in [-0.2, 0) is 4.79 Å². The number of anilines is 2. The van der Waals surface area contributed by atoms with Crippen molar-refractivity contribution in [3.63, 3.8) is 0 Å². The fraction of sp³-hybridized carbons (Fsp3) is 0.200. The molecule has 0 bridgehead atoms. The largest absolute Gasteiger partial charge is 0.383 e. The predicted molar refractivity (Wildman–Crippen MR) is 133 cm³/mol. The van der Waals surface area contributed by atoms with Crippen LogP contribution in [0.4, 0.5) is 11.5 Å². The summed E-state index contributed by atoms with van der Waals surface area (Å²) >= 11 is 7.12. The summed E-state index contributed by atoms with van der Waals surface area (Å²) < 4.78 is 0. The van der Waals surface area contributed by atoms with E-state index in [1.165, 1.54) is 11.8 Å². The number of nitrogen functional groups attached to an aromatic ring is 1. The Morgan fingerprint density at radius 2 is 1.73 bits per heavy atom. The SMILES string of the molecule is CC(C)c1ccc(-c2c(C#N)c(N)nc(SCCC(=O)Nc3ccc(Cl)cc3)c2C#N)cc1. The third kappa shape index (κ3) is 5.84. The number of hydrogen-bond donors (Lipinski definition) is 2. The number of nitrogens with zero attached hydrogens (tertiary/aromatic N) is 3. The summed E-state index contributed by atoms with van der Waals surface area (Å²) in [6.07, 6.45) is 0.207. The van der Waals surface area contributed by atoms with E-state index in [1.807, 2.05) is 24.3 Å². The van der Waals surface area contributed by atoms with Crippen molar-refractivity contribution in [1.29, 1.82) is 10.5 Å². The predicted octanol–water partition coefficient (Wildman–Crippen LogP) is 5.97. The molecule has 0 fully saturated rings. The summed E-state index contributed by atoms with van der Waals surface area (Å²) in [7, 11) is 0. The molecule has 0 spiro atoms. The van der Waals surface area contributed by atoms with Crippen LogP contribution in [0.2, 0.25) is 5.02 Å². The molecule has 1 amide bonds. The number of nitrogens with two attached hydrogens (primary N) is 1. The van der Waals surface area contributed by atoms with E-state index >= 15 is 0 Å². The molecule has 0 aliphatic rings. The molecular formula is C25H22ClN5OS. The van der Waals surface area contributed by atoms with Crippen molar-refractivity contribution in [3.05, 3.63) is 70.2 Å². The Bertz CT molecular complexity index is 1240. The van der Waals surface area contributed by atoms with Crippen molar-refractivity contribution in [2.75, 3.05) is 16.8 Å². The van der Waals surface area contributed by atoms with Gasteiger partial charge in [-0.25, -0.2) is 4.98 Å². The maximum Gasteiger partial charge on any atom is 0.225 e. The number of carbonyl (C=O) groups is 1. The Labute approximate surface area is 202 Å². The lowest BCUT2D eigenvalue weighted by atomic mass is 9.94. The van der Waals surface area contributed by atoms with Crippen LogP contribution in [0.3, 0.4) is 0 Å². The van der Waals surface area contributed by atoms with Gasteiger partial charge in [0.1, 0.15) is 28.5 Å². The molecule has 3 rings (SSSR count). The number of pyridine rings is 1. The summed E-state index contributed by atoms with van der Waals surface area (Å²) in [6.45, 7) is 4.19. The van der Waals surface area contributed by atoms with Gasteiger partial charge in [-0.2, -0.15) is 10.5 Å². The van der Waals surface area contributed by atoms with Gasteiger partial charge in [-0.15, -0.1) is 11.8 Å². The average Bonchev–Trinajstić information content (AvgIpc) is 2.80. The van der Waals surface area contributed by atoms with Crippen molar-refractivity contribution < 1.29 is 4.79 Å². The molecule has 166 valence electrons. The summed E-state index contributed by atoms with van der Waals surface area (Å²) in [4.78, 5) is 16.6. The van der Waals surface area contributed by atoms with Gasteiger partial charge >= 0.3 is 0 Å². The zero-order chi connectivity index (χ0) is 24.0. The van der Waals surface area contributed by atoms with Crippen molar-refractivity contribution in [2.24, 2.45) is 0 Å². The van der Waals surface area contributed by atoms with E-state index in [2.05, 4.69) is 36.3 Å². The molecule has 2 aromatic carbocycles. The zero-order valence-electron chi connectivity index (χ0n) is 18.2. The van der Waals surface area contributed by atoms with Gasteiger partial charge in [0.2, 0.25) is 5.91 Å². The normalized spacial score (nSPS) is 10.5. The maximum atomic E-state index is 12.3. The number of nitrogens with one attached hydrogen (secondary N) is 1. The van der Waals surface area contributed by atoms with Gasteiger partial charge in [0.05, 0.1) is 5.56 Å². The van der Waals surface area contributed by atoms with Crippen LogP contribution in [-0.4, -0.2) is 16.6 Å². The molecule has 6 nitrogen and oxygen atoms in total. The Hall–Kier alpha value is -3.52. The van der Waals surface area contributed by atoms with Gasteiger partial charge in [0, 0.05) is 28.4 Å². The molecule has 0 saturated carbocycles. The van der Waals surface area contributed by atoms with Crippen molar-refractivity contribution in [2.45, 2.75) is 31.2 Å². The van der Waals surface area contributed by atoms with Crippen molar-refractivity contribution >= 4 is 40.8 Å². The molecule has 33 heavy (non-hydrogen) atoms. The molecule has 0 radical (unpaired) electrons. The summed E-state index contributed by atoms with van der Waals surface area (Å²) in [6, 6.07) is 18.8. The maximum absolute atomic E-state index is 12.3.